The van der Waals surface area contributed by atoms with Crippen LogP contribution in [0.2, 0.25) is 0 Å². The Kier molecular flexibility index (Phi) is 8.53. The molecule has 0 amide bonds. The molecule has 62 heavy (non-hydrogen) atoms. The zero-order valence-corrected chi connectivity index (χ0v) is 33.9. The van der Waals surface area contributed by atoms with Crippen LogP contribution < -0.4 is 0 Å². The van der Waals surface area contributed by atoms with Gasteiger partial charge in [0.05, 0.1) is 11.0 Å². The van der Waals surface area contributed by atoms with Crippen molar-refractivity contribution in [2.24, 2.45) is 0 Å². The van der Waals surface area contributed by atoms with Crippen LogP contribution in [0.15, 0.2) is 241 Å². The summed E-state index contributed by atoms with van der Waals surface area (Å²) < 4.78 is 8.75. The maximum atomic E-state index is 6.37. The first-order valence-corrected chi connectivity index (χ1v) is 21.2. The standard InChI is InChI=1S/C60H39NO/c1-4-25-57-53(20-1)54-21-2-5-26-58(54)61(57)51-19-10-17-49(39-51)43-34-32-41(33-35-43)45-13-8-16-48(37-45)47-15-7-12-44(36-47)40-28-30-42(31-29-40)46-14-9-18-50(38-46)52-23-11-24-56-55-22-3-6-27-59(55)62-60(52)56/h1-39H. The SMILES string of the molecule is c1cc(-c2ccc(-c3cccc(-c4cccc5c4oc4ccccc45)c3)cc2)cc(-c2cccc(-c3ccc(-c4cccc(-n5c6ccccc6c6ccccc65)c4)cc3)c2)c1. The van der Waals surface area contributed by atoms with E-state index in [9.17, 15) is 0 Å². The van der Waals surface area contributed by atoms with E-state index < -0.39 is 0 Å². The lowest BCUT2D eigenvalue weighted by molar-refractivity contribution is 0.670. The highest BCUT2D eigenvalue weighted by atomic mass is 16.3. The number of hydrogen-bond acceptors (Lipinski definition) is 1. The van der Waals surface area contributed by atoms with Crippen molar-refractivity contribution in [1.29, 1.82) is 0 Å². The maximum absolute atomic E-state index is 6.37. The summed E-state index contributed by atoms with van der Waals surface area (Å²) in [5.74, 6) is 0. The first-order valence-electron chi connectivity index (χ1n) is 21.2. The van der Waals surface area contributed by atoms with Crippen LogP contribution in [-0.2, 0) is 0 Å². The van der Waals surface area contributed by atoms with E-state index in [1.807, 2.05) is 12.1 Å². The Morgan fingerprint density at radius 2 is 0.645 bits per heavy atom. The van der Waals surface area contributed by atoms with Crippen LogP contribution >= 0.6 is 0 Å². The van der Waals surface area contributed by atoms with Gasteiger partial charge < -0.3 is 8.98 Å². The molecule has 0 saturated carbocycles. The van der Waals surface area contributed by atoms with Crippen LogP contribution in [-0.4, -0.2) is 4.57 Å². The topological polar surface area (TPSA) is 18.1 Å². The van der Waals surface area contributed by atoms with Crippen molar-refractivity contribution in [2.45, 2.75) is 0 Å². The van der Waals surface area contributed by atoms with Gasteiger partial charge in [0.25, 0.3) is 0 Å². The van der Waals surface area contributed by atoms with E-state index in [0.29, 0.717) is 0 Å². The number of furan rings is 1. The molecular weight excluding hydrogens is 751 g/mol. The Hall–Kier alpha value is -8.20. The minimum atomic E-state index is 0.915. The van der Waals surface area contributed by atoms with E-state index in [2.05, 4.69) is 229 Å². The third-order valence-electron chi connectivity index (χ3n) is 12.4. The average Bonchev–Trinajstić information content (AvgIpc) is 3.91. The van der Waals surface area contributed by atoms with Crippen molar-refractivity contribution >= 4 is 43.7 Å². The second-order valence-electron chi connectivity index (χ2n) is 16.1. The zero-order valence-electron chi connectivity index (χ0n) is 33.9. The Morgan fingerprint density at radius 1 is 0.258 bits per heavy atom. The third kappa shape index (κ3) is 6.20. The number of rotatable bonds is 7. The van der Waals surface area contributed by atoms with E-state index in [1.165, 1.54) is 77.4 Å². The number of para-hydroxylation sites is 4. The molecule has 0 unspecified atom stereocenters. The molecule has 290 valence electrons. The molecule has 2 nitrogen and oxygen atoms in total. The Balaban J connectivity index is 0.794. The average molecular weight is 790 g/mol. The van der Waals surface area contributed by atoms with Crippen LogP contribution in [0.4, 0.5) is 0 Å². The molecule has 10 aromatic carbocycles. The van der Waals surface area contributed by atoms with Gasteiger partial charge in [0, 0.05) is 32.8 Å². The molecule has 12 aromatic rings. The van der Waals surface area contributed by atoms with Gasteiger partial charge in [-0.3, -0.25) is 0 Å². The molecule has 0 aliphatic carbocycles. The van der Waals surface area contributed by atoms with Crippen LogP contribution in [0, 0.1) is 0 Å². The predicted molar refractivity (Wildman–Crippen MR) is 261 cm³/mol. The van der Waals surface area contributed by atoms with Crippen LogP contribution in [0.1, 0.15) is 0 Å². The van der Waals surface area contributed by atoms with E-state index in [-0.39, 0.29) is 0 Å². The molecule has 0 N–H and O–H groups in total. The van der Waals surface area contributed by atoms with Gasteiger partial charge in [0.1, 0.15) is 11.2 Å². The highest BCUT2D eigenvalue weighted by Crippen LogP contribution is 2.38. The first-order chi connectivity index (χ1) is 30.7. The first kappa shape index (κ1) is 35.7. The molecule has 0 bridgehead atoms. The Bertz CT molecular complexity index is 3570. The van der Waals surface area contributed by atoms with E-state index in [4.69, 9.17) is 4.42 Å². The molecule has 0 atom stereocenters. The third-order valence-corrected chi connectivity index (χ3v) is 12.4. The van der Waals surface area contributed by atoms with Gasteiger partial charge in [-0.15, -0.1) is 0 Å². The Labute approximate surface area is 360 Å². The maximum Gasteiger partial charge on any atom is 0.143 e. The summed E-state index contributed by atoms with van der Waals surface area (Å²) in [6.45, 7) is 0. The lowest BCUT2D eigenvalue weighted by Crippen LogP contribution is -1.94. The smallest absolute Gasteiger partial charge is 0.143 e. The molecule has 0 spiro atoms. The van der Waals surface area contributed by atoms with E-state index in [0.717, 1.165) is 38.8 Å². The lowest BCUT2D eigenvalue weighted by atomic mass is 9.94. The Morgan fingerprint density at radius 3 is 1.19 bits per heavy atom. The fourth-order valence-electron chi connectivity index (χ4n) is 9.33. The molecule has 2 heterocycles. The van der Waals surface area contributed by atoms with Crippen molar-refractivity contribution in [3.63, 3.8) is 0 Å². The van der Waals surface area contributed by atoms with Gasteiger partial charge in [0.15, 0.2) is 0 Å². The van der Waals surface area contributed by atoms with Crippen LogP contribution in [0.25, 0.3) is 116 Å². The summed E-state index contributed by atoms with van der Waals surface area (Å²) in [5, 5.41) is 4.83. The largest absolute Gasteiger partial charge is 0.455 e. The quantitative estimate of drug-likeness (QED) is 0.157. The van der Waals surface area contributed by atoms with Crippen molar-refractivity contribution in [2.75, 3.05) is 0 Å². The number of fused-ring (bicyclic) bond motifs is 6. The molecule has 0 aliphatic heterocycles. The molecule has 0 aliphatic rings. The summed E-state index contributed by atoms with van der Waals surface area (Å²) in [7, 11) is 0. The van der Waals surface area contributed by atoms with E-state index >= 15 is 0 Å². The minimum Gasteiger partial charge on any atom is -0.455 e. The van der Waals surface area contributed by atoms with Gasteiger partial charge >= 0.3 is 0 Å². The fourth-order valence-corrected chi connectivity index (χ4v) is 9.33. The predicted octanol–water partition coefficient (Wildman–Crippen LogP) is 16.7. The summed E-state index contributed by atoms with van der Waals surface area (Å²) in [5.41, 5.74) is 19.6. The van der Waals surface area contributed by atoms with Crippen LogP contribution in [0.3, 0.4) is 0 Å². The molecule has 0 saturated heterocycles. The van der Waals surface area contributed by atoms with Crippen molar-refractivity contribution in [3.05, 3.63) is 237 Å². The number of aromatic nitrogens is 1. The van der Waals surface area contributed by atoms with Gasteiger partial charge in [0.2, 0.25) is 0 Å². The highest BCUT2D eigenvalue weighted by Gasteiger charge is 2.14. The minimum absolute atomic E-state index is 0.915. The van der Waals surface area contributed by atoms with Gasteiger partial charge in [-0.2, -0.15) is 0 Å². The van der Waals surface area contributed by atoms with Crippen molar-refractivity contribution in [1.82, 2.24) is 4.57 Å². The molecule has 0 radical (unpaired) electrons. The van der Waals surface area contributed by atoms with Crippen LogP contribution in [0.5, 0.6) is 0 Å². The summed E-state index contributed by atoms with van der Waals surface area (Å²) in [6, 6.07) is 85.3. The highest BCUT2D eigenvalue weighted by molar-refractivity contribution is 6.10. The molecule has 2 heteroatoms. The fraction of sp³-hybridized carbons (Fsp3) is 0. The summed E-state index contributed by atoms with van der Waals surface area (Å²) >= 11 is 0. The summed E-state index contributed by atoms with van der Waals surface area (Å²) in [6.07, 6.45) is 0. The molecule has 0 fully saturated rings. The second kappa shape index (κ2) is 14.8. The zero-order chi connectivity index (χ0) is 41.0. The van der Waals surface area contributed by atoms with Gasteiger partial charge in [-0.1, -0.05) is 188 Å². The van der Waals surface area contributed by atoms with Gasteiger partial charge in [-0.05, 0) is 110 Å². The second-order valence-corrected chi connectivity index (χ2v) is 16.1. The number of hydrogen-bond donors (Lipinski definition) is 0. The van der Waals surface area contributed by atoms with E-state index in [1.54, 1.807) is 0 Å². The summed E-state index contributed by atoms with van der Waals surface area (Å²) in [4.78, 5) is 0. The van der Waals surface area contributed by atoms with Gasteiger partial charge in [-0.25, -0.2) is 0 Å². The molecule has 2 aromatic heterocycles. The van der Waals surface area contributed by atoms with Crippen molar-refractivity contribution in [3.8, 4) is 72.4 Å². The monoisotopic (exact) mass is 789 g/mol. The lowest BCUT2D eigenvalue weighted by Gasteiger charge is -2.11. The molecular formula is C60H39NO. The number of nitrogens with zero attached hydrogens (tertiary/aromatic N) is 1. The number of benzene rings is 10. The normalized spacial score (nSPS) is 11.5. The van der Waals surface area contributed by atoms with Crippen molar-refractivity contribution < 1.29 is 4.42 Å². The molecule has 12 rings (SSSR count).